The summed E-state index contributed by atoms with van der Waals surface area (Å²) in [6.07, 6.45) is 0.790. The summed E-state index contributed by atoms with van der Waals surface area (Å²) >= 11 is 0. The zero-order valence-electron chi connectivity index (χ0n) is 20.6. The van der Waals surface area contributed by atoms with E-state index in [2.05, 4.69) is 10.4 Å². The Morgan fingerprint density at radius 1 is 0.943 bits per heavy atom. The number of rotatable bonds is 11. The molecule has 1 aromatic heterocycles. The Kier molecular flexibility index (Phi) is 8.78. The number of aromatic nitrogens is 2. The summed E-state index contributed by atoms with van der Waals surface area (Å²) in [6, 6.07) is 14.7. The van der Waals surface area contributed by atoms with Crippen LogP contribution in [0.15, 0.2) is 48.5 Å². The second kappa shape index (κ2) is 12.0. The second-order valence-corrected chi connectivity index (χ2v) is 8.30. The molecule has 8 nitrogen and oxygen atoms in total. The number of hydrogen-bond acceptors (Lipinski definition) is 6. The number of carbonyl (C=O) groups is 3. The average molecular weight is 478 g/mol. The Morgan fingerprint density at radius 2 is 1.63 bits per heavy atom. The van der Waals surface area contributed by atoms with Crippen LogP contribution in [0.25, 0.3) is 5.69 Å². The van der Waals surface area contributed by atoms with E-state index in [4.69, 9.17) is 9.47 Å². The lowest BCUT2D eigenvalue weighted by atomic mass is 10.1. The van der Waals surface area contributed by atoms with E-state index in [0.717, 1.165) is 23.4 Å². The van der Waals surface area contributed by atoms with Gasteiger partial charge in [0.2, 0.25) is 0 Å². The fourth-order valence-corrected chi connectivity index (χ4v) is 3.47. The van der Waals surface area contributed by atoms with Crippen molar-refractivity contribution >= 4 is 23.3 Å². The molecule has 0 saturated heterocycles. The van der Waals surface area contributed by atoms with Crippen LogP contribution in [0.4, 0.5) is 5.69 Å². The molecular weight excluding hydrogens is 446 g/mol. The van der Waals surface area contributed by atoms with Crippen LogP contribution in [0.2, 0.25) is 0 Å². The summed E-state index contributed by atoms with van der Waals surface area (Å²) in [5, 5.41) is 7.27. The molecule has 3 aromatic rings. The maximum absolute atomic E-state index is 12.4. The third-order valence-electron chi connectivity index (χ3n) is 5.40. The number of Topliss-reactive ketones (excluding diaryl/α,β-unsaturated/α-hetero) is 1. The fraction of sp³-hybridized carbons (Fsp3) is 0.333. The standard InChI is InChI=1S/C27H31N3O5/c1-5-16-34-23-12-8-21(9-13-23)24(31)14-15-26(33)35-17-25(32)28-27-19(3)29-30(20(27)4)22-10-6-18(2)7-11-22/h6-13H,5,14-17H2,1-4H3,(H,28,32). The minimum atomic E-state index is -0.611. The zero-order valence-corrected chi connectivity index (χ0v) is 20.6. The van der Waals surface area contributed by atoms with Crippen LogP contribution in [0.5, 0.6) is 5.75 Å². The van der Waals surface area contributed by atoms with Gasteiger partial charge < -0.3 is 14.8 Å². The molecule has 0 aliphatic carbocycles. The molecule has 0 fully saturated rings. The normalized spacial score (nSPS) is 10.6. The summed E-state index contributed by atoms with van der Waals surface area (Å²) < 4.78 is 12.3. The zero-order chi connectivity index (χ0) is 25.4. The molecule has 0 aliphatic rings. The van der Waals surface area contributed by atoms with Crippen molar-refractivity contribution in [3.05, 3.63) is 71.0 Å². The number of nitrogens with one attached hydrogen (secondary N) is 1. The highest BCUT2D eigenvalue weighted by Gasteiger charge is 2.17. The lowest BCUT2D eigenvalue weighted by molar-refractivity contribution is -0.147. The van der Waals surface area contributed by atoms with Crippen LogP contribution in [-0.2, 0) is 14.3 Å². The van der Waals surface area contributed by atoms with Crippen molar-refractivity contribution in [2.45, 2.75) is 47.0 Å². The van der Waals surface area contributed by atoms with Gasteiger partial charge in [-0.1, -0.05) is 24.6 Å². The van der Waals surface area contributed by atoms with E-state index in [0.29, 0.717) is 29.3 Å². The smallest absolute Gasteiger partial charge is 0.306 e. The summed E-state index contributed by atoms with van der Waals surface area (Å²) in [4.78, 5) is 36.8. The van der Waals surface area contributed by atoms with Crippen molar-refractivity contribution < 1.29 is 23.9 Å². The molecule has 1 heterocycles. The van der Waals surface area contributed by atoms with Crippen molar-refractivity contribution in [1.82, 2.24) is 9.78 Å². The summed E-state index contributed by atoms with van der Waals surface area (Å²) in [5.41, 5.74) is 4.52. The summed E-state index contributed by atoms with van der Waals surface area (Å²) in [7, 11) is 0. The van der Waals surface area contributed by atoms with Crippen LogP contribution in [0.3, 0.4) is 0 Å². The van der Waals surface area contributed by atoms with Gasteiger partial charge >= 0.3 is 5.97 Å². The monoisotopic (exact) mass is 477 g/mol. The molecule has 2 aromatic carbocycles. The fourth-order valence-electron chi connectivity index (χ4n) is 3.47. The third kappa shape index (κ3) is 7.02. The Bertz CT molecular complexity index is 1180. The molecule has 8 heteroatoms. The van der Waals surface area contributed by atoms with Gasteiger partial charge in [0.1, 0.15) is 5.75 Å². The summed E-state index contributed by atoms with van der Waals surface area (Å²) in [5.74, 6) is -0.561. The number of benzene rings is 2. The van der Waals surface area contributed by atoms with Crippen LogP contribution < -0.4 is 10.1 Å². The van der Waals surface area contributed by atoms with Crippen molar-refractivity contribution in [1.29, 1.82) is 0 Å². The minimum Gasteiger partial charge on any atom is -0.494 e. The maximum Gasteiger partial charge on any atom is 0.306 e. The second-order valence-electron chi connectivity index (χ2n) is 8.30. The van der Waals surface area contributed by atoms with Crippen molar-refractivity contribution in [3.63, 3.8) is 0 Å². The number of carbonyl (C=O) groups excluding carboxylic acids is 3. The molecule has 3 rings (SSSR count). The molecule has 0 radical (unpaired) electrons. The van der Waals surface area contributed by atoms with Gasteiger partial charge in [-0.25, -0.2) is 4.68 Å². The molecule has 0 bridgehead atoms. The van der Waals surface area contributed by atoms with E-state index in [-0.39, 0.29) is 18.6 Å². The van der Waals surface area contributed by atoms with Gasteiger partial charge in [0.05, 0.1) is 35.8 Å². The third-order valence-corrected chi connectivity index (χ3v) is 5.40. The van der Waals surface area contributed by atoms with Crippen LogP contribution in [0, 0.1) is 20.8 Å². The quantitative estimate of drug-likeness (QED) is 0.317. The Balaban J connectivity index is 1.47. The van der Waals surface area contributed by atoms with E-state index < -0.39 is 18.5 Å². The molecular formula is C27H31N3O5. The first-order chi connectivity index (χ1) is 16.8. The maximum atomic E-state index is 12.4. The van der Waals surface area contributed by atoms with E-state index in [1.54, 1.807) is 35.9 Å². The molecule has 35 heavy (non-hydrogen) atoms. The average Bonchev–Trinajstić information content (AvgIpc) is 3.13. The predicted molar refractivity (Wildman–Crippen MR) is 133 cm³/mol. The Hall–Kier alpha value is -3.94. The van der Waals surface area contributed by atoms with E-state index >= 15 is 0 Å². The van der Waals surface area contributed by atoms with Crippen molar-refractivity contribution in [2.24, 2.45) is 0 Å². The number of amides is 1. The molecule has 0 spiro atoms. The van der Waals surface area contributed by atoms with E-state index in [1.165, 1.54) is 0 Å². The highest BCUT2D eigenvalue weighted by Crippen LogP contribution is 2.23. The Labute approximate surface area is 205 Å². The number of ether oxygens (including phenoxy) is 2. The molecule has 0 aliphatic heterocycles. The summed E-state index contributed by atoms with van der Waals surface area (Å²) in [6.45, 7) is 7.85. The first-order valence-electron chi connectivity index (χ1n) is 11.6. The van der Waals surface area contributed by atoms with Gasteiger partial charge in [-0.2, -0.15) is 5.10 Å². The number of nitrogens with zero attached hydrogens (tertiary/aromatic N) is 2. The van der Waals surface area contributed by atoms with Gasteiger partial charge in [-0.15, -0.1) is 0 Å². The first-order valence-corrected chi connectivity index (χ1v) is 11.6. The van der Waals surface area contributed by atoms with Gasteiger partial charge in [-0.3, -0.25) is 14.4 Å². The number of anilines is 1. The van der Waals surface area contributed by atoms with Gasteiger partial charge in [0.15, 0.2) is 12.4 Å². The largest absolute Gasteiger partial charge is 0.494 e. The number of esters is 1. The van der Waals surface area contributed by atoms with Crippen LogP contribution in [-0.4, -0.2) is 40.7 Å². The van der Waals surface area contributed by atoms with Crippen LogP contribution in [0.1, 0.15) is 53.5 Å². The number of aryl methyl sites for hydroxylation is 2. The SMILES string of the molecule is CCCOc1ccc(C(=O)CCC(=O)OCC(=O)Nc2c(C)nn(-c3ccc(C)cc3)c2C)cc1. The number of hydrogen-bond donors (Lipinski definition) is 1. The van der Waals surface area contributed by atoms with Gasteiger partial charge in [0, 0.05) is 12.0 Å². The topological polar surface area (TPSA) is 99.5 Å². The first kappa shape index (κ1) is 25.7. The van der Waals surface area contributed by atoms with E-state index in [1.807, 2.05) is 45.0 Å². The predicted octanol–water partition coefficient (Wildman–Crippen LogP) is 4.73. The molecule has 1 N–H and O–H groups in total. The minimum absolute atomic E-state index is 0.00282. The highest BCUT2D eigenvalue weighted by atomic mass is 16.5. The molecule has 0 unspecified atom stereocenters. The van der Waals surface area contributed by atoms with Crippen LogP contribution >= 0.6 is 0 Å². The van der Waals surface area contributed by atoms with Crippen molar-refractivity contribution in [3.8, 4) is 11.4 Å². The Morgan fingerprint density at radius 3 is 2.29 bits per heavy atom. The van der Waals surface area contributed by atoms with Gasteiger partial charge in [0.25, 0.3) is 5.91 Å². The van der Waals surface area contributed by atoms with Crippen molar-refractivity contribution in [2.75, 3.05) is 18.5 Å². The molecule has 1 amide bonds. The molecule has 184 valence electrons. The lowest BCUT2D eigenvalue weighted by Crippen LogP contribution is -2.21. The molecule has 0 atom stereocenters. The number of ketones is 1. The lowest BCUT2D eigenvalue weighted by Gasteiger charge is -2.08. The highest BCUT2D eigenvalue weighted by molar-refractivity contribution is 5.98. The van der Waals surface area contributed by atoms with Gasteiger partial charge in [-0.05, 0) is 63.6 Å². The van der Waals surface area contributed by atoms with E-state index in [9.17, 15) is 14.4 Å². The molecule has 0 saturated carbocycles.